The monoisotopic (exact) mass is 406 g/mol. The Bertz CT molecular complexity index is 939. The molecule has 27 heavy (non-hydrogen) atoms. The summed E-state index contributed by atoms with van der Waals surface area (Å²) in [5.74, 6) is 1.72. The fraction of sp³-hybridized carbons (Fsp3) is 0.500. The van der Waals surface area contributed by atoms with Crippen LogP contribution in [0.4, 0.5) is 5.69 Å². The molecule has 144 valence electrons. The van der Waals surface area contributed by atoms with E-state index in [1.54, 1.807) is 4.90 Å². The van der Waals surface area contributed by atoms with Crippen molar-refractivity contribution in [2.45, 2.75) is 36.4 Å². The van der Waals surface area contributed by atoms with Crippen LogP contribution in [0.2, 0.25) is 0 Å². The smallest absolute Gasteiger partial charge is 0.237 e. The van der Waals surface area contributed by atoms with Crippen molar-refractivity contribution >= 4 is 33.2 Å². The molecule has 7 nitrogen and oxygen atoms in total. The Labute approximate surface area is 163 Å². The summed E-state index contributed by atoms with van der Waals surface area (Å²) >= 11 is 1.35. The molecule has 9 heteroatoms. The van der Waals surface area contributed by atoms with Gasteiger partial charge in [0.15, 0.2) is 15.0 Å². The van der Waals surface area contributed by atoms with Crippen molar-refractivity contribution in [2.75, 3.05) is 22.2 Å². The second-order valence-electron chi connectivity index (χ2n) is 7.12. The van der Waals surface area contributed by atoms with Gasteiger partial charge in [-0.3, -0.25) is 4.79 Å². The number of rotatable bonds is 6. The number of amides is 1. The highest BCUT2D eigenvalue weighted by Gasteiger charge is 2.35. The van der Waals surface area contributed by atoms with Gasteiger partial charge in [0.1, 0.15) is 5.82 Å². The van der Waals surface area contributed by atoms with Crippen LogP contribution in [0.3, 0.4) is 0 Å². The maximum Gasteiger partial charge on any atom is 0.237 e. The lowest BCUT2D eigenvalue weighted by atomic mass is 10.2. The van der Waals surface area contributed by atoms with Crippen LogP contribution in [-0.4, -0.2) is 52.4 Å². The molecule has 0 spiro atoms. The van der Waals surface area contributed by atoms with Crippen molar-refractivity contribution in [1.29, 1.82) is 0 Å². The summed E-state index contributed by atoms with van der Waals surface area (Å²) < 4.78 is 25.8. The molecule has 2 aliphatic rings. The number of aromatic nitrogens is 3. The molecule has 1 saturated carbocycles. The van der Waals surface area contributed by atoms with Crippen molar-refractivity contribution in [3.8, 4) is 0 Å². The van der Waals surface area contributed by atoms with Crippen molar-refractivity contribution in [2.24, 2.45) is 7.05 Å². The lowest BCUT2D eigenvalue weighted by Crippen LogP contribution is -2.42. The predicted octanol–water partition coefficient (Wildman–Crippen LogP) is 2.00. The van der Waals surface area contributed by atoms with E-state index in [0.29, 0.717) is 12.3 Å². The molecular weight excluding hydrogens is 384 g/mol. The Morgan fingerprint density at radius 2 is 1.96 bits per heavy atom. The van der Waals surface area contributed by atoms with Gasteiger partial charge in [-0.15, -0.1) is 10.2 Å². The van der Waals surface area contributed by atoms with Crippen LogP contribution in [0, 0.1) is 0 Å². The molecule has 4 rings (SSSR count). The van der Waals surface area contributed by atoms with E-state index in [1.807, 2.05) is 41.9 Å². The molecule has 1 aliphatic heterocycles. The molecule has 0 bridgehead atoms. The number of carbonyl (C=O) groups is 1. The van der Waals surface area contributed by atoms with Crippen LogP contribution in [0.5, 0.6) is 0 Å². The molecule has 1 atom stereocenters. The normalized spacial score (nSPS) is 21.3. The minimum Gasteiger partial charge on any atom is -0.309 e. The molecule has 2 fully saturated rings. The zero-order valence-electron chi connectivity index (χ0n) is 15.1. The number of benzene rings is 1. The highest BCUT2D eigenvalue weighted by Crippen LogP contribution is 2.39. The van der Waals surface area contributed by atoms with Gasteiger partial charge in [0, 0.05) is 18.7 Å². The number of para-hydroxylation sites is 1. The Hall–Kier alpha value is -1.87. The molecule has 0 N–H and O–H groups in total. The lowest BCUT2D eigenvalue weighted by molar-refractivity contribution is -0.116. The second-order valence-corrected chi connectivity index (χ2v) is 10.3. The summed E-state index contributed by atoms with van der Waals surface area (Å²) in [6, 6.07) is 8.98. The zero-order chi connectivity index (χ0) is 19.0. The summed E-state index contributed by atoms with van der Waals surface area (Å²) in [5, 5.41) is 9.17. The van der Waals surface area contributed by atoms with Crippen LogP contribution >= 0.6 is 11.8 Å². The topological polar surface area (TPSA) is 85.2 Å². The summed E-state index contributed by atoms with van der Waals surface area (Å²) in [4.78, 5) is 14.7. The molecule has 1 aromatic carbocycles. The molecule has 0 unspecified atom stereocenters. The minimum atomic E-state index is -3.08. The summed E-state index contributed by atoms with van der Waals surface area (Å²) in [7, 11) is -1.15. The number of hydrogen-bond donors (Lipinski definition) is 0. The van der Waals surface area contributed by atoms with Gasteiger partial charge >= 0.3 is 0 Å². The van der Waals surface area contributed by atoms with Gasteiger partial charge in [0.25, 0.3) is 0 Å². The summed E-state index contributed by atoms with van der Waals surface area (Å²) in [5.41, 5.74) is 0.738. The third-order valence-corrected chi connectivity index (χ3v) is 7.77. The number of sulfone groups is 1. The fourth-order valence-electron chi connectivity index (χ4n) is 3.47. The number of anilines is 1. The average Bonchev–Trinajstić information content (AvgIpc) is 3.33. The van der Waals surface area contributed by atoms with Gasteiger partial charge < -0.3 is 9.47 Å². The lowest BCUT2D eigenvalue weighted by Gasteiger charge is -2.28. The Morgan fingerprint density at radius 3 is 2.59 bits per heavy atom. The fourth-order valence-corrected chi connectivity index (χ4v) is 5.95. The first kappa shape index (κ1) is 18.5. The first-order valence-electron chi connectivity index (χ1n) is 9.04. The van der Waals surface area contributed by atoms with Gasteiger partial charge in [0.2, 0.25) is 5.91 Å². The standard InChI is InChI=1S/C18H22N4O3S2/c1-21-17(13-7-8-13)19-20-18(21)26-11-16(23)22(14-5-3-2-4-6-14)15-9-10-27(24,25)12-15/h2-6,13,15H,7-12H2,1H3/t15-/m0/s1. The number of hydrogen-bond acceptors (Lipinski definition) is 6. The summed E-state index contributed by atoms with van der Waals surface area (Å²) in [6.07, 6.45) is 2.77. The third kappa shape index (κ3) is 4.03. The van der Waals surface area contributed by atoms with E-state index in [0.717, 1.165) is 29.5 Å². The maximum atomic E-state index is 13.0. The van der Waals surface area contributed by atoms with Crippen LogP contribution < -0.4 is 4.90 Å². The number of nitrogens with zero attached hydrogens (tertiary/aromatic N) is 4. The van der Waals surface area contributed by atoms with E-state index in [9.17, 15) is 13.2 Å². The van der Waals surface area contributed by atoms with E-state index < -0.39 is 9.84 Å². The van der Waals surface area contributed by atoms with E-state index in [4.69, 9.17) is 0 Å². The molecular formula is C18H22N4O3S2. The van der Waals surface area contributed by atoms with Crippen molar-refractivity contribution in [1.82, 2.24) is 14.8 Å². The quantitative estimate of drug-likeness (QED) is 0.682. The molecule has 1 aromatic heterocycles. The highest BCUT2D eigenvalue weighted by molar-refractivity contribution is 7.99. The molecule has 1 saturated heterocycles. The maximum absolute atomic E-state index is 13.0. The van der Waals surface area contributed by atoms with Crippen LogP contribution in [-0.2, 0) is 21.7 Å². The van der Waals surface area contributed by atoms with Gasteiger partial charge in [-0.25, -0.2) is 8.42 Å². The first-order valence-corrected chi connectivity index (χ1v) is 11.8. The second kappa shape index (κ2) is 7.27. The van der Waals surface area contributed by atoms with Crippen LogP contribution in [0.1, 0.15) is 31.0 Å². The van der Waals surface area contributed by atoms with Gasteiger partial charge in [-0.1, -0.05) is 30.0 Å². The van der Waals surface area contributed by atoms with Gasteiger partial charge in [0.05, 0.1) is 23.3 Å². The molecule has 1 aliphatic carbocycles. The van der Waals surface area contributed by atoms with Crippen molar-refractivity contribution in [3.05, 3.63) is 36.2 Å². The molecule has 0 radical (unpaired) electrons. The third-order valence-electron chi connectivity index (χ3n) is 5.01. The zero-order valence-corrected chi connectivity index (χ0v) is 16.7. The number of thioether (sulfide) groups is 1. The molecule has 1 amide bonds. The van der Waals surface area contributed by atoms with E-state index in [2.05, 4.69) is 10.2 Å². The van der Waals surface area contributed by atoms with E-state index in [1.165, 1.54) is 11.8 Å². The first-order chi connectivity index (χ1) is 12.9. The average molecular weight is 407 g/mol. The highest BCUT2D eigenvalue weighted by atomic mass is 32.2. The Kier molecular flexibility index (Phi) is 4.98. The van der Waals surface area contributed by atoms with Crippen LogP contribution in [0.15, 0.2) is 35.5 Å². The Morgan fingerprint density at radius 1 is 1.22 bits per heavy atom. The van der Waals surface area contributed by atoms with Crippen molar-refractivity contribution in [3.63, 3.8) is 0 Å². The molecule has 2 heterocycles. The van der Waals surface area contributed by atoms with E-state index >= 15 is 0 Å². The van der Waals surface area contributed by atoms with E-state index in [-0.39, 0.29) is 29.2 Å². The van der Waals surface area contributed by atoms with Crippen LogP contribution in [0.25, 0.3) is 0 Å². The molecule has 2 aromatic rings. The minimum absolute atomic E-state index is 0.0219. The number of carbonyl (C=O) groups excluding carboxylic acids is 1. The predicted molar refractivity (Wildman–Crippen MR) is 105 cm³/mol. The Balaban J connectivity index is 1.50. The van der Waals surface area contributed by atoms with Gasteiger partial charge in [-0.05, 0) is 31.4 Å². The largest absolute Gasteiger partial charge is 0.309 e. The van der Waals surface area contributed by atoms with Gasteiger partial charge in [-0.2, -0.15) is 0 Å². The summed E-state index contributed by atoms with van der Waals surface area (Å²) in [6.45, 7) is 0. The SMILES string of the molecule is Cn1c(SCC(=O)N(c2ccccc2)[C@H]2CCS(=O)(=O)C2)nnc1C1CC1. The van der Waals surface area contributed by atoms with Crippen molar-refractivity contribution < 1.29 is 13.2 Å².